The Balaban J connectivity index is 2.03. The van der Waals surface area contributed by atoms with Crippen molar-refractivity contribution in [1.29, 1.82) is 0 Å². The second kappa shape index (κ2) is 9.09. The molecule has 7 nitrogen and oxygen atoms in total. The number of carbonyl (C=O) groups excluding carboxylic acids is 1. The first-order valence-electron chi connectivity index (χ1n) is 9.39. The van der Waals surface area contributed by atoms with Gasteiger partial charge >= 0.3 is 0 Å². The number of nitro groups is 1. The SMILES string of the molecule is CCCCCNC(=O)c1cc(-c2ccccc2F)nn1-c1cccc([N+](=O)[O-])c1. The number of nitrogens with zero attached hydrogens (tertiary/aromatic N) is 3. The van der Waals surface area contributed by atoms with E-state index >= 15 is 0 Å². The molecule has 150 valence electrons. The highest BCUT2D eigenvalue weighted by atomic mass is 19.1. The molecular formula is C21H21FN4O3. The summed E-state index contributed by atoms with van der Waals surface area (Å²) in [5.41, 5.74) is 0.922. The van der Waals surface area contributed by atoms with Crippen LogP contribution in [0.3, 0.4) is 0 Å². The second-order valence-electron chi connectivity index (χ2n) is 6.55. The lowest BCUT2D eigenvalue weighted by Crippen LogP contribution is -2.26. The van der Waals surface area contributed by atoms with Crippen LogP contribution >= 0.6 is 0 Å². The molecule has 0 aliphatic rings. The Morgan fingerprint density at radius 2 is 1.97 bits per heavy atom. The number of non-ortho nitro benzene ring substituents is 1. The van der Waals surface area contributed by atoms with Gasteiger partial charge in [-0.15, -0.1) is 0 Å². The molecule has 1 amide bonds. The van der Waals surface area contributed by atoms with Crippen molar-refractivity contribution in [3.05, 3.63) is 76.2 Å². The summed E-state index contributed by atoms with van der Waals surface area (Å²) in [6.07, 6.45) is 2.86. The van der Waals surface area contributed by atoms with E-state index in [2.05, 4.69) is 17.3 Å². The van der Waals surface area contributed by atoms with E-state index in [1.54, 1.807) is 24.3 Å². The normalized spacial score (nSPS) is 10.7. The highest BCUT2D eigenvalue weighted by Gasteiger charge is 2.20. The molecule has 0 aliphatic carbocycles. The number of halogens is 1. The molecule has 0 unspecified atom stereocenters. The minimum atomic E-state index is -0.519. The Labute approximate surface area is 167 Å². The molecule has 0 atom stereocenters. The van der Waals surface area contributed by atoms with Crippen molar-refractivity contribution in [2.45, 2.75) is 26.2 Å². The first-order valence-corrected chi connectivity index (χ1v) is 9.39. The van der Waals surface area contributed by atoms with E-state index in [1.807, 2.05) is 0 Å². The number of aromatic nitrogens is 2. The van der Waals surface area contributed by atoms with Gasteiger partial charge < -0.3 is 5.32 Å². The van der Waals surface area contributed by atoms with Crippen LogP contribution in [0.5, 0.6) is 0 Å². The highest BCUT2D eigenvalue weighted by Crippen LogP contribution is 2.25. The van der Waals surface area contributed by atoms with E-state index in [4.69, 9.17) is 0 Å². The summed E-state index contributed by atoms with van der Waals surface area (Å²) in [6.45, 7) is 2.57. The lowest BCUT2D eigenvalue weighted by Gasteiger charge is -2.08. The quantitative estimate of drug-likeness (QED) is 0.345. The zero-order chi connectivity index (χ0) is 20.8. The van der Waals surface area contributed by atoms with Crippen LogP contribution < -0.4 is 5.32 Å². The number of hydrogen-bond acceptors (Lipinski definition) is 4. The van der Waals surface area contributed by atoms with E-state index in [9.17, 15) is 19.3 Å². The molecule has 29 heavy (non-hydrogen) atoms. The fraction of sp³-hybridized carbons (Fsp3) is 0.238. The summed E-state index contributed by atoms with van der Waals surface area (Å²) < 4.78 is 15.5. The van der Waals surface area contributed by atoms with Gasteiger partial charge in [-0.1, -0.05) is 38.0 Å². The summed E-state index contributed by atoms with van der Waals surface area (Å²) >= 11 is 0. The number of nitro benzene ring substituents is 1. The van der Waals surface area contributed by atoms with Crippen LogP contribution in [0.1, 0.15) is 36.7 Å². The van der Waals surface area contributed by atoms with Crippen molar-refractivity contribution in [3.63, 3.8) is 0 Å². The number of carbonyl (C=O) groups is 1. The Kier molecular flexibility index (Phi) is 6.33. The van der Waals surface area contributed by atoms with Gasteiger partial charge in [-0.3, -0.25) is 14.9 Å². The van der Waals surface area contributed by atoms with Crippen LogP contribution in [0.2, 0.25) is 0 Å². The predicted octanol–water partition coefficient (Wildman–Crippen LogP) is 4.51. The molecular weight excluding hydrogens is 375 g/mol. The van der Waals surface area contributed by atoms with Crippen LogP contribution in [0, 0.1) is 15.9 Å². The molecule has 2 aromatic carbocycles. The number of hydrogen-bond donors (Lipinski definition) is 1. The molecule has 0 fully saturated rings. The molecule has 0 saturated carbocycles. The minimum absolute atomic E-state index is 0.125. The third-order valence-electron chi connectivity index (χ3n) is 4.44. The fourth-order valence-corrected chi connectivity index (χ4v) is 2.95. The summed E-state index contributed by atoms with van der Waals surface area (Å²) in [5, 5.41) is 18.3. The van der Waals surface area contributed by atoms with Gasteiger partial charge in [0, 0.05) is 24.2 Å². The van der Waals surface area contributed by atoms with E-state index in [-0.39, 0.29) is 28.5 Å². The first kappa shape index (κ1) is 20.2. The molecule has 1 N–H and O–H groups in total. The Hall–Kier alpha value is -3.55. The molecule has 3 aromatic rings. The lowest BCUT2D eigenvalue weighted by atomic mass is 10.1. The first-order chi connectivity index (χ1) is 14.0. The molecule has 0 bridgehead atoms. The number of nitrogens with one attached hydrogen (secondary N) is 1. The number of unbranched alkanes of at least 4 members (excludes halogenated alkanes) is 2. The predicted molar refractivity (Wildman–Crippen MR) is 107 cm³/mol. The van der Waals surface area contributed by atoms with E-state index < -0.39 is 10.7 Å². The Morgan fingerprint density at radius 3 is 2.69 bits per heavy atom. The molecule has 3 rings (SSSR count). The van der Waals surface area contributed by atoms with E-state index in [0.29, 0.717) is 12.2 Å². The van der Waals surface area contributed by atoms with Crippen LogP contribution in [0.25, 0.3) is 16.9 Å². The molecule has 0 saturated heterocycles. The molecule has 1 aromatic heterocycles. The smallest absolute Gasteiger partial charge is 0.271 e. The maximum atomic E-state index is 14.2. The van der Waals surface area contributed by atoms with E-state index in [1.165, 1.54) is 35.0 Å². The fourth-order valence-electron chi connectivity index (χ4n) is 2.95. The minimum Gasteiger partial charge on any atom is -0.351 e. The summed E-state index contributed by atoms with van der Waals surface area (Å²) in [5.74, 6) is -0.839. The molecule has 0 aliphatic heterocycles. The van der Waals surface area contributed by atoms with Gasteiger partial charge in [-0.05, 0) is 30.7 Å². The summed E-state index contributed by atoms with van der Waals surface area (Å²) in [7, 11) is 0. The van der Waals surface area contributed by atoms with Gasteiger partial charge in [0.15, 0.2) is 0 Å². The largest absolute Gasteiger partial charge is 0.351 e. The summed E-state index contributed by atoms with van der Waals surface area (Å²) in [4.78, 5) is 23.4. The van der Waals surface area contributed by atoms with Gasteiger partial charge in [0.2, 0.25) is 0 Å². The number of rotatable bonds is 8. The molecule has 1 heterocycles. The zero-order valence-electron chi connectivity index (χ0n) is 16.0. The topological polar surface area (TPSA) is 90.1 Å². The van der Waals surface area contributed by atoms with Crippen molar-refractivity contribution in [1.82, 2.24) is 15.1 Å². The molecule has 0 radical (unpaired) electrons. The standard InChI is InChI=1S/C21H21FN4O3/c1-2-3-6-12-23-21(27)20-14-19(17-10-4-5-11-18(17)22)24-25(20)15-8-7-9-16(13-15)26(28)29/h4-5,7-11,13-14H,2-3,6,12H2,1H3,(H,23,27). The Bertz CT molecular complexity index is 1030. The summed E-state index contributed by atoms with van der Waals surface area (Å²) in [6, 6.07) is 13.4. The monoisotopic (exact) mass is 396 g/mol. The number of amides is 1. The van der Waals surface area contributed by atoms with Gasteiger partial charge in [0.1, 0.15) is 11.5 Å². The van der Waals surface area contributed by atoms with Crippen molar-refractivity contribution >= 4 is 11.6 Å². The molecule has 0 spiro atoms. The van der Waals surface area contributed by atoms with Crippen molar-refractivity contribution in [2.75, 3.05) is 6.54 Å². The second-order valence-corrected chi connectivity index (χ2v) is 6.55. The average molecular weight is 396 g/mol. The third-order valence-corrected chi connectivity index (χ3v) is 4.44. The third kappa shape index (κ3) is 4.66. The Morgan fingerprint density at radius 1 is 1.17 bits per heavy atom. The zero-order valence-corrected chi connectivity index (χ0v) is 16.0. The van der Waals surface area contributed by atoms with Crippen LogP contribution in [0.4, 0.5) is 10.1 Å². The van der Waals surface area contributed by atoms with Crippen LogP contribution in [-0.4, -0.2) is 27.2 Å². The van der Waals surface area contributed by atoms with Crippen LogP contribution in [0.15, 0.2) is 54.6 Å². The van der Waals surface area contributed by atoms with Gasteiger partial charge in [-0.25, -0.2) is 9.07 Å². The van der Waals surface area contributed by atoms with Crippen LogP contribution in [-0.2, 0) is 0 Å². The maximum Gasteiger partial charge on any atom is 0.271 e. The number of benzene rings is 2. The molecule has 8 heteroatoms. The van der Waals surface area contributed by atoms with Gasteiger partial charge in [-0.2, -0.15) is 5.10 Å². The lowest BCUT2D eigenvalue weighted by molar-refractivity contribution is -0.384. The highest BCUT2D eigenvalue weighted by molar-refractivity contribution is 5.94. The van der Waals surface area contributed by atoms with Gasteiger partial charge in [0.25, 0.3) is 11.6 Å². The van der Waals surface area contributed by atoms with Crippen molar-refractivity contribution in [2.24, 2.45) is 0 Å². The van der Waals surface area contributed by atoms with E-state index in [0.717, 1.165) is 19.3 Å². The van der Waals surface area contributed by atoms with Crippen molar-refractivity contribution < 1.29 is 14.1 Å². The van der Waals surface area contributed by atoms with Gasteiger partial charge in [0.05, 0.1) is 16.3 Å². The van der Waals surface area contributed by atoms with Crippen molar-refractivity contribution in [3.8, 4) is 16.9 Å². The average Bonchev–Trinajstić information content (AvgIpc) is 3.17. The maximum absolute atomic E-state index is 14.2.